The molecule has 1 aliphatic heterocycles. The standard InChI is InChI=1S/C16H16N4O2S/c1-3-22-14-7-5-4-6-13(14)20-15(21)12(17-16(20)23)9-11-8-10(2)18-19-11/h4-9,21H,3H2,1-2H3,(H,17,23). The van der Waals surface area contributed by atoms with Crippen molar-refractivity contribution in [1.29, 1.82) is 0 Å². The van der Waals surface area contributed by atoms with Gasteiger partial charge in [0, 0.05) is 0 Å². The Morgan fingerprint density at radius 1 is 1.35 bits per heavy atom. The van der Waals surface area contributed by atoms with Gasteiger partial charge in [-0.15, -0.1) is 0 Å². The molecule has 0 bridgehead atoms. The number of allylic oxidation sites excluding steroid dienone is 2. The Balaban J connectivity index is 2.10. The van der Waals surface area contributed by atoms with E-state index in [1.54, 1.807) is 6.08 Å². The van der Waals surface area contributed by atoms with E-state index in [0.29, 0.717) is 34.2 Å². The zero-order chi connectivity index (χ0) is 16.4. The van der Waals surface area contributed by atoms with Crippen molar-refractivity contribution >= 4 is 18.3 Å². The molecule has 0 atom stereocenters. The number of aromatic nitrogens is 2. The topological polar surface area (TPSA) is 74.9 Å². The van der Waals surface area contributed by atoms with Crippen molar-refractivity contribution < 1.29 is 9.84 Å². The van der Waals surface area contributed by atoms with Gasteiger partial charge in [0.15, 0.2) is 4.77 Å². The number of imidazole rings is 1. The van der Waals surface area contributed by atoms with Crippen molar-refractivity contribution in [3.63, 3.8) is 0 Å². The number of benzene rings is 1. The van der Waals surface area contributed by atoms with Crippen LogP contribution in [0.3, 0.4) is 0 Å². The lowest BCUT2D eigenvalue weighted by molar-refractivity contribution is 0.337. The Kier molecular flexibility index (Phi) is 4.12. The summed E-state index contributed by atoms with van der Waals surface area (Å²) in [4.78, 5) is 2.99. The third kappa shape index (κ3) is 2.95. The van der Waals surface area contributed by atoms with E-state index in [1.165, 1.54) is 4.57 Å². The van der Waals surface area contributed by atoms with E-state index < -0.39 is 0 Å². The van der Waals surface area contributed by atoms with E-state index in [-0.39, 0.29) is 5.88 Å². The van der Waals surface area contributed by atoms with Gasteiger partial charge < -0.3 is 14.8 Å². The minimum atomic E-state index is 0.00260. The minimum absolute atomic E-state index is 0.00260. The summed E-state index contributed by atoms with van der Waals surface area (Å²) in [7, 11) is 0. The molecule has 6 nitrogen and oxygen atoms in total. The Morgan fingerprint density at radius 3 is 2.83 bits per heavy atom. The number of aromatic hydroxyl groups is 1. The van der Waals surface area contributed by atoms with Crippen molar-refractivity contribution in [1.82, 2.24) is 9.55 Å². The van der Waals surface area contributed by atoms with Gasteiger partial charge in [-0.2, -0.15) is 10.2 Å². The van der Waals surface area contributed by atoms with Crippen LogP contribution in [0.15, 0.2) is 52.0 Å². The molecule has 0 radical (unpaired) electrons. The summed E-state index contributed by atoms with van der Waals surface area (Å²) in [5.74, 6) is 0.652. The van der Waals surface area contributed by atoms with E-state index in [2.05, 4.69) is 15.2 Å². The summed E-state index contributed by atoms with van der Waals surface area (Å²) < 4.78 is 7.52. The lowest BCUT2D eigenvalue weighted by Gasteiger charge is -2.11. The van der Waals surface area contributed by atoms with Crippen molar-refractivity contribution in [2.24, 2.45) is 10.2 Å². The van der Waals surface area contributed by atoms with Gasteiger partial charge in [-0.3, -0.25) is 4.57 Å². The molecule has 0 fully saturated rings. The smallest absolute Gasteiger partial charge is 0.222 e. The van der Waals surface area contributed by atoms with Crippen LogP contribution < -0.4 is 4.74 Å². The fourth-order valence-electron chi connectivity index (χ4n) is 2.31. The number of rotatable bonds is 4. The number of nitrogens with zero attached hydrogens (tertiary/aromatic N) is 3. The van der Waals surface area contributed by atoms with Crippen LogP contribution in [0.1, 0.15) is 19.5 Å². The molecule has 1 aliphatic rings. The molecular weight excluding hydrogens is 312 g/mol. The molecule has 0 aliphatic carbocycles. The van der Waals surface area contributed by atoms with Crippen LogP contribution >= 0.6 is 12.2 Å². The number of azo groups is 1. The average molecular weight is 328 g/mol. The maximum atomic E-state index is 10.6. The molecule has 2 aromatic rings. The Morgan fingerprint density at radius 2 is 2.13 bits per heavy atom. The van der Waals surface area contributed by atoms with Gasteiger partial charge in [-0.25, -0.2) is 0 Å². The highest BCUT2D eigenvalue weighted by Crippen LogP contribution is 2.31. The second-order valence-corrected chi connectivity index (χ2v) is 5.35. The van der Waals surface area contributed by atoms with Crippen LogP contribution in [0, 0.1) is 4.77 Å². The highest BCUT2D eigenvalue weighted by molar-refractivity contribution is 7.71. The second-order valence-electron chi connectivity index (χ2n) is 4.96. The number of hydrogen-bond acceptors (Lipinski definition) is 5. The number of aromatic amines is 1. The lowest BCUT2D eigenvalue weighted by Crippen LogP contribution is -2.00. The largest absolute Gasteiger partial charge is 0.493 e. The average Bonchev–Trinajstić information content (AvgIpc) is 3.05. The first kappa shape index (κ1) is 15.2. The molecule has 0 unspecified atom stereocenters. The Hall–Kier alpha value is -2.67. The molecule has 0 spiro atoms. The van der Waals surface area contributed by atoms with Gasteiger partial charge in [0.2, 0.25) is 5.88 Å². The molecule has 118 valence electrons. The predicted molar refractivity (Wildman–Crippen MR) is 90.4 cm³/mol. The summed E-state index contributed by atoms with van der Waals surface area (Å²) in [6.07, 6.45) is 3.52. The van der Waals surface area contributed by atoms with Crippen molar-refractivity contribution in [3.8, 4) is 17.3 Å². The van der Waals surface area contributed by atoms with Crippen LogP contribution in [-0.4, -0.2) is 21.3 Å². The first-order valence-corrected chi connectivity index (χ1v) is 7.59. The van der Waals surface area contributed by atoms with Crippen LogP contribution in [0.5, 0.6) is 11.6 Å². The van der Waals surface area contributed by atoms with Gasteiger partial charge in [0.05, 0.1) is 23.7 Å². The first-order valence-electron chi connectivity index (χ1n) is 7.18. The lowest BCUT2D eigenvalue weighted by atomic mass is 10.3. The first-order chi connectivity index (χ1) is 11.1. The number of hydrogen-bond donors (Lipinski definition) is 2. The third-order valence-electron chi connectivity index (χ3n) is 3.28. The summed E-state index contributed by atoms with van der Waals surface area (Å²) in [5.41, 5.74) is 2.62. The summed E-state index contributed by atoms with van der Waals surface area (Å²) in [6.45, 7) is 4.29. The number of nitrogens with one attached hydrogen (secondary N) is 1. The molecule has 2 N–H and O–H groups in total. The molecule has 3 rings (SSSR count). The van der Waals surface area contributed by atoms with Gasteiger partial charge in [0.1, 0.15) is 11.4 Å². The van der Waals surface area contributed by atoms with Gasteiger partial charge in [-0.05, 0) is 50.4 Å². The number of para-hydroxylation sites is 2. The minimum Gasteiger partial charge on any atom is -0.493 e. The normalized spacial score (nSPS) is 15.2. The molecule has 2 heterocycles. The molecule has 0 saturated heterocycles. The van der Waals surface area contributed by atoms with E-state index in [9.17, 15) is 5.11 Å². The van der Waals surface area contributed by atoms with Crippen molar-refractivity contribution in [2.45, 2.75) is 13.8 Å². The third-order valence-corrected chi connectivity index (χ3v) is 3.56. The quantitative estimate of drug-likeness (QED) is 0.819. The number of ether oxygens (including phenoxy) is 1. The molecule has 0 saturated carbocycles. The summed E-state index contributed by atoms with van der Waals surface area (Å²) in [6, 6.07) is 7.41. The van der Waals surface area contributed by atoms with Gasteiger partial charge >= 0.3 is 0 Å². The van der Waals surface area contributed by atoms with Crippen LogP contribution in [0.2, 0.25) is 0 Å². The van der Waals surface area contributed by atoms with E-state index in [4.69, 9.17) is 17.0 Å². The second kappa shape index (κ2) is 6.21. The Labute approximate surface area is 138 Å². The monoisotopic (exact) mass is 328 g/mol. The SMILES string of the molecule is CCOc1ccccc1-n1c(O)c(C=C2C=C(C)N=N2)[nH]c1=S. The van der Waals surface area contributed by atoms with Gasteiger partial charge in [0.25, 0.3) is 0 Å². The van der Waals surface area contributed by atoms with E-state index >= 15 is 0 Å². The van der Waals surface area contributed by atoms with Crippen LogP contribution in [-0.2, 0) is 0 Å². The molecule has 7 heteroatoms. The fourth-order valence-corrected chi connectivity index (χ4v) is 2.61. The van der Waals surface area contributed by atoms with Crippen molar-refractivity contribution in [3.05, 3.63) is 52.2 Å². The zero-order valence-electron chi connectivity index (χ0n) is 12.8. The van der Waals surface area contributed by atoms with E-state index in [0.717, 1.165) is 5.70 Å². The van der Waals surface area contributed by atoms with Crippen LogP contribution in [0.25, 0.3) is 11.8 Å². The molecular formula is C16H16N4O2S. The highest BCUT2D eigenvalue weighted by Gasteiger charge is 2.15. The predicted octanol–water partition coefficient (Wildman–Crippen LogP) is 4.35. The van der Waals surface area contributed by atoms with Crippen LogP contribution in [0.4, 0.5) is 0 Å². The van der Waals surface area contributed by atoms with Crippen molar-refractivity contribution in [2.75, 3.05) is 6.61 Å². The molecule has 1 aromatic heterocycles. The molecule has 23 heavy (non-hydrogen) atoms. The summed E-state index contributed by atoms with van der Waals surface area (Å²) in [5, 5.41) is 18.5. The van der Waals surface area contributed by atoms with E-state index in [1.807, 2.05) is 44.2 Å². The maximum Gasteiger partial charge on any atom is 0.222 e. The van der Waals surface area contributed by atoms with Gasteiger partial charge in [-0.1, -0.05) is 12.1 Å². The fraction of sp³-hybridized carbons (Fsp3) is 0.188. The molecule has 0 amide bonds. The number of H-pyrrole nitrogens is 1. The molecule has 1 aromatic carbocycles. The maximum absolute atomic E-state index is 10.6. The zero-order valence-corrected chi connectivity index (χ0v) is 13.6. The Bertz CT molecular complexity index is 890. The summed E-state index contributed by atoms with van der Waals surface area (Å²) >= 11 is 5.34. The highest BCUT2D eigenvalue weighted by atomic mass is 32.1.